The molecule has 0 aromatic heterocycles. The van der Waals surface area contributed by atoms with Crippen molar-refractivity contribution in [1.82, 2.24) is 0 Å². The van der Waals surface area contributed by atoms with Crippen LogP contribution in [-0.2, 0) is 0 Å². The van der Waals surface area contributed by atoms with Gasteiger partial charge in [-0.25, -0.2) is 0 Å². The van der Waals surface area contributed by atoms with E-state index in [4.69, 9.17) is 0 Å². The van der Waals surface area contributed by atoms with Gasteiger partial charge in [0, 0.05) is 0 Å². The van der Waals surface area contributed by atoms with Crippen molar-refractivity contribution in [2.75, 3.05) is 0 Å². The van der Waals surface area contributed by atoms with E-state index in [9.17, 15) is 0 Å². The van der Waals surface area contributed by atoms with Crippen LogP contribution in [0.25, 0.3) is 0 Å². The molecule has 0 fully saturated rings. The Morgan fingerprint density at radius 2 is 0.571 bits per heavy atom. The maximum absolute atomic E-state index is 2.36. The van der Waals surface area contributed by atoms with Crippen LogP contribution >= 0.6 is 0 Å². The number of rotatable bonds is 23. The van der Waals surface area contributed by atoms with Gasteiger partial charge in [0.2, 0.25) is 0 Å². The molecular weight excluding hydrogens is 336 g/mol. The molecule has 2 atom stereocenters. The van der Waals surface area contributed by atoms with E-state index < -0.39 is 0 Å². The van der Waals surface area contributed by atoms with Crippen molar-refractivity contribution >= 4 is 0 Å². The normalized spacial score (nSPS) is 13.7. The molecule has 0 aliphatic rings. The van der Waals surface area contributed by atoms with Crippen LogP contribution < -0.4 is 0 Å². The fraction of sp³-hybridized carbons (Fsp3) is 1.00. The first-order chi connectivity index (χ1) is 13.8. The number of unbranched alkanes of at least 4 members (excludes halogenated alkanes) is 12. The van der Waals surface area contributed by atoms with Gasteiger partial charge in [-0.15, -0.1) is 0 Å². The molecule has 0 rings (SSSR count). The van der Waals surface area contributed by atoms with E-state index >= 15 is 0 Å². The van der Waals surface area contributed by atoms with Crippen molar-refractivity contribution < 1.29 is 0 Å². The summed E-state index contributed by atoms with van der Waals surface area (Å²) in [5, 5.41) is 0. The summed E-state index contributed by atoms with van der Waals surface area (Å²) in [7, 11) is 0. The van der Waals surface area contributed by atoms with Crippen molar-refractivity contribution in [1.29, 1.82) is 0 Å². The Kier molecular flexibility index (Phi) is 23.3. The molecule has 0 saturated heterocycles. The summed E-state index contributed by atoms with van der Waals surface area (Å²) < 4.78 is 0. The molecular formula is C28H58. The van der Waals surface area contributed by atoms with Gasteiger partial charge in [-0.05, 0) is 11.8 Å². The summed E-state index contributed by atoms with van der Waals surface area (Å²) in [6.07, 6.45) is 32.3. The Labute approximate surface area is 181 Å². The fourth-order valence-electron chi connectivity index (χ4n) is 4.76. The topological polar surface area (TPSA) is 0 Å². The Morgan fingerprint density at radius 3 is 0.964 bits per heavy atom. The van der Waals surface area contributed by atoms with Gasteiger partial charge in [0.1, 0.15) is 0 Å². The minimum Gasteiger partial charge on any atom is -0.0654 e. The zero-order valence-corrected chi connectivity index (χ0v) is 20.7. The maximum atomic E-state index is 2.36. The third-order valence-corrected chi connectivity index (χ3v) is 6.85. The second kappa shape index (κ2) is 23.3. The molecule has 170 valence electrons. The molecule has 0 aliphatic heterocycles. The van der Waals surface area contributed by atoms with E-state index in [1.54, 1.807) is 0 Å². The molecule has 0 aliphatic carbocycles. The van der Waals surface area contributed by atoms with Crippen LogP contribution in [0, 0.1) is 11.8 Å². The molecule has 0 radical (unpaired) electrons. The summed E-state index contributed by atoms with van der Waals surface area (Å²) >= 11 is 0. The molecule has 0 heteroatoms. The zero-order valence-electron chi connectivity index (χ0n) is 20.7. The lowest BCUT2D eigenvalue weighted by atomic mass is 9.84. The van der Waals surface area contributed by atoms with Crippen LogP contribution in [0.3, 0.4) is 0 Å². The van der Waals surface area contributed by atoms with E-state index in [1.165, 1.54) is 141 Å². The van der Waals surface area contributed by atoms with Gasteiger partial charge in [-0.3, -0.25) is 0 Å². The summed E-state index contributed by atoms with van der Waals surface area (Å²) in [5.74, 6) is 2.06. The molecule has 0 aromatic rings. The molecule has 0 saturated carbocycles. The van der Waals surface area contributed by atoms with Gasteiger partial charge < -0.3 is 0 Å². The molecule has 0 heterocycles. The average Bonchev–Trinajstić information content (AvgIpc) is 2.71. The molecule has 0 amide bonds. The van der Waals surface area contributed by atoms with Crippen LogP contribution in [0.5, 0.6) is 0 Å². The van der Waals surface area contributed by atoms with Gasteiger partial charge in [0.15, 0.2) is 0 Å². The lowest BCUT2D eigenvalue weighted by Gasteiger charge is -2.22. The second-order valence-electron chi connectivity index (χ2n) is 9.71. The first-order valence-electron chi connectivity index (χ1n) is 13.8. The Morgan fingerprint density at radius 1 is 0.286 bits per heavy atom. The number of hydrogen-bond donors (Lipinski definition) is 0. The minimum atomic E-state index is 1.03. The van der Waals surface area contributed by atoms with Gasteiger partial charge in [0.25, 0.3) is 0 Å². The molecule has 0 nitrogen and oxygen atoms in total. The smallest absolute Gasteiger partial charge is 0.0414 e. The van der Waals surface area contributed by atoms with Gasteiger partial charge in [-0.1, -0.05) is 169 Å². The van der Waals surface area contributed by atoms with Gasteiger partial charge >= 0.3 is 0 Å². The van der Waals surface area contributed by atoms with E-state index in [0.29, 0.717) is 0 Å². The zero-order chi connectivity index (χ0) is 20.7. The fourth-order valence-corrected chi connectivity index (χ4v) is 4.76. The average molecular weight is 395 g/mol. The highest BCUT2D eigenvalue weighted by Crippen LogP contribution is 2.29. The Hall–Kier alpha value is 0. The lowest BCUT2D eigenvalue weighted by molar-refractivity contribution is 0.311. The third-order valence-electron chi connectivity index (χ3n) is 6.85. The predicted molar refractivity (Wildman–Crippen MR) is 131 cm³/mol. The van der Waals surface area contributed by atoms with Crippen molar-refractivity contribution in [2.24, 2.45) is 11.8 Å². The van der Waals surface area contributed by atoms with Gasteiger partial charge in [-0.2, -0.15) is 0 Å². The Balaban J connectivity index is 4.25. The maximum Gasteiger partial charge on any atom is -0.0414 e. The summed E-state index contributed by atoms with van der Waals surface area (Å²) in [6.45, 7) is 9.36. The molecule has 2 unspecified atom stereocenters. The van der Waals surface area contributed by atoms with E-state index in [1.807, 2.05) is 0 Å². The second-order valence-corrected chi connectivity index (χ2v) is 9.71. The first-order valence-corrected chi connectivity index (χ1v) is 13.8. The predicted octanol–water partition coefficient (Wildman–Crippen LogP) is 10.9. The van der Waals surface area contributed by atoms with Crippen LogP contribution in [-0.4, -0.2) is 0 Å². The van der Waals surface area contributed by atoms with E-state index in [-0.39, 0.29) is 0 Å². The van der Waals surface area contributed by atoms with E-state index in [0.717, 1.165) is 11.8 Å². The highest BCUT2D eigenvalue weighted by molar-refractivity contribution is 4.67. The monoisotopic (exact) mass is 394 g/mol. The summed E-state index contributed by atoms with van der Waals surface area (Å²) in [4.78, 5) is 0. The quantitative estimate of drug-likeness (QED) is 0.151. The molecule has 28 heavy (non-hydrogen) atoms. The van der Waals surface area contributed by atoms with E-state index in [2.05, 4.69) is 27.7 Å². The SMILES string of the molecule is CCCCCCCCC(CCCCCC)CCC(CCCC)CCCCCC. The molecule has 0 bridgehead atoms. The van der Waals surface area contributed by atoms with Crippen molar-refractivity contribution in [3.63, 3.8) is 0 Å². The molecule has 0 aromatic carbocycles. The van der Waals surface area contributed by atoms with Crippen LogP contribution in [0.1, 0.15) is 169 Å². The summed E-state index contributed by atoms with van der Waals surface area (Å²) in [6, 6.07) is 0. The Bertz CT molecular complexity index is 269. The first kappa shape index (κ1) is 28.0. The van der Waals surface area contributed by atoms with Crippen LogP contribution in [0.15, 0.2) is 0 Å². The minimum absolute atomic E-state index is 1.03. The van der Waals surface area contributed by atoms with Crippen LogP contribution in [0.4, 0.5) is 0 Å². The van der Waals surface area contributed by atoms with Crippen molar-refractivity contribution in [2.45, 2.75) is 169 Å². The molecule has 0 N–H and O–H groups in total. The largest absolute Gasteiger partial charge is 0.0654 e. The third kappa shape index (κ3) is 19.3. The number of hydrogen-bond acceptors (Lipinski definition) is 0. The van der Waals surface area contributed by atoms with Gasteiger partial charge in [0.05, 0.1) is 0 Å². The lowest BCUT2D eigenvalue weighted by Crippen LogP contribution is -2.07. The van der Waals surface area contributed by atoms with Crippen LogP contribution in [0.2, 0.25) is 0 Å². The standard InChI is InChI=1S/C28H58/c1-5-9-13-16-17-20-24-28(23-19-15-11-7-3)26-25-27(21-12-8-4)22-18-14-10-6-2/h27-28H,5-26H2,1-4H3. The van der Waals surface area contributed by atoms with Crippen molar-refractivity contribution in [3.8, 4) is 0 Å². The summed E-state index contributed by atoms with van der Waals surface area (Å²) in [5.41, 5.74) is 0. The molecule has 0 spiro atoms. The highest BCUT2D eigenvalue weighted by atomic mass is 14.2. The van der Waals surface area contributed by atoms with Crippen molar-refractivity contribution in [3.05, 3.63) is 0 Å². The highest BCUT2D eigenvalue weighted by Gasteiger charge is 2.14.